The monoisotopic (exact) mass is 213 g/mol. The normalized spacial score (nSPS) is 12.9. The molecule has 0 amide bonds. The highest BCUT2D eigenvalue weighted by Gasteiger charge is 2.10. The molecular weight excluding hydrogens is 194 g/mol. The van der Waals surface area contributed by atoms with E-state index in [1.165, 1.54) is 0 Å². The second-order valence-corrected chi connectivity index (χ2v) is 4.49. The minimum Gasteiger partial charge on any atom is -0.348 e. The number of aromatic nitrogens is 1. The summed E-state index contributed by atoms with van der Waals surface area (Å²) in [5, 5.41) is 3.20. The van der Waals surface area contributed by atoms with Crippen LogP contribution in [0, 0.1) is 12.8 Å². The zero-order chi connectivity index (χ0) is 10.6. The fourth-order valence-electron chi connectivity index (χ4n) is 1.28. The van der Waals surface area contributed by atoms with Crippen molar-refractivity contribution >= 4 is 16.5 Å². The number of hydrogen-bond donors (Lipinski definition) is 1. The smallest absolute Gasteiger partial charge is 0.185 e. The second-order valence-electron chi connectivity index (χ2n) is 3.65. The number of rotatable bonds is 5. The molecule has 1 aromatic rings. The van der Waals surface area contributed by atoms with Crippen LogP contribution in [0.25, 0.3) is 0 Å². The number of anilines is 1. The maximum Gasteiger partial charge on any atom is 0.185 e. The van der Waals surface area contributed by atoms with E-state index in [-0.39, 0.29) is 0 Å². The predicted molar refractivity (Wildman–Crippen MR) is 63.0 cm³/mol. The lowest BCUT2D eigenvalue weighted by molar-refractivity contribution is 0.575. The van der Waals surface area contributed by atoms with E-state index in [1.54, 1.807) is 11.3 Å². The van der Waals surface area contributed by atoms with E-state index in [1.807, 2.05) is 6.92 Å². The first kappa shape index (κ1) is 11.5. The lowest BCUT2D eigenvalue weighted by atomic mass is 10.2. The van der Waals surface area contributed by atoms with Crippen LogP contribution >= 0.6 is 11.3 Å². The van der Waals surface area contributed by atoms with E-state index in [2.05, 4.69) is 29.1 Å². The molecule has 0 radical (unpaired) electrons. The number of nitrogens with two attached hydrogens (primary N) is 1. The molecule has 1 heterocycles. The Morgan fingerprint density at radius 3 is 2.79 bits per heavy atom. The molecule has 0 aliphatic heterocycles. The Labute approximate surface area is 89.9 Å². The number of aryl methyl sites for hydroxylation is 1. The van der Waals surface area contributed by atoms with Crippen LogP contribution in [0.2, 0.25) is 0 Å². The molecule has 1 aromatic heterocycles. The second kappa shape index (κ2) is 5.32. The molecule has 2 N–H and O–H groups in total. The number of hydrogen-bond acceptors (Lipinski definition) is 4. The molecule has 80 valence electrons. The van der Waals surface area contributed by atoms with Crippen LogP contribution in [0.4, 0.5) is 5.13 Å². The van der Waals surface area contributed by atoms with Gasteiger partial charge in [-0.3, -0.25) is 0 Å². The van der Waals surface area contributed by atoms with Gasteiger partial charge in [0.2, 0.25) is 0 Å². The van der Waals surface area contributed by atoms with Crippen molar-refractivity contribution < 1.29 is 0 Å². The van der Waals surface area contributed by atoms with Crippen molar-refractivity contribution in [2.75, 3.05) is 24.5 Å². The van der Waals surface area contributed by atoms with E-state index in [0.717, 1.165) is 30.5 Å². The van der Waals surface area contributed by atoms with E-state index < -0.39 is 0 Å². The quantitative estimate of drug-likeness (QED) is 0.812. The molecular formula is C10H19N3S. The average Bonchev–Trinajstić information content (AvgIpc) is 2.60. The minimum atomic E-state index is 0.527. The molecule has 0 aliphatic rings. The van der Waals surface area contributed by atoms with Crippen molar-refractivity contribution in [1.29, 1.82) is 0 Å². The summed E-state index contributed by atoms with van der Waals surface area (Å²) in [5.41, 5.74) is 6.72. The fourth-order valence-corrected chi connectivity index (χ4v) is 2.16. The Hall–Kier alpha value is -0.610. The minimum absolute atomic E-state index is 0.527. The molecule has 0 aromatic carbocycles. The molecule has 0 fully saturated rings. The van der Waals surface area contributed by atoms with Gasteiger partial charge in [0, 0.05) is 18.5 Å². The summed E-state index contributed by atoms with van der Waals surface area (Å²) < 4.78 is 0. The third-order valence-electron chi connectivity index (χ3n) is 2.19. The predicted octanol–water partition coefficient (Wildman–Crippen LogP) is 1.87. The topological polar surface area (TPSA) is 42.1 Å². The molecule has 0 aliphatic carbocycles. The van der Waals surface area contributed by atoms with Gasteiger partial charge in [-0.25, -0.2) is 4.98 Å². The van der Waals surface area contributed by atoms with Gasteiger partial charge in [-0.15, -0.1) is 11.3 Å². The van der Waals surface area contributed by atoms with Crippen molar-refractivity contribution in [3.8, 4) is 0 Å². The van der Waals surface area contributed by atoms with E-state index in [0.29, 0.717) is 5.92 Å². The summed E-state index contributed by atoms with van der Waals surface area (Å²) in [6, 6.07) is 0. The lowest BCUT2D eigenvalue weighted by Crippen LogP contribution is -2.31. The Balaban J connectivity index is 2.62. The highest BCUT2D eigenvalue weighted by molar-refractivity contribution is 7.13. The van der Waals surface area contributed by atoms with E-state index in [4.69, 9.17) is 5.73 Å². The third-order valence-corrected chi connectivity index (χ3v) is 3.21. The molecule has 0 saturated carbocycles. The van der Waals surface area contributed by atoms with Crippen LogP contribution in [0.3, 0.4) is 0 Å². The molecule has 0 spiro atoms. The van der Waals surface area contributed by atoms with Crippen molar-refractivity contribution in [3.05, 3.63) is 11.1 Å². The molecule has 0 bridgehead atoms. The van der Waals surface area contributed by atoms with Gasteiger partial charge in [0.05, 0.1) is 5.69 Å². The van der Waals surface area contributed by atoms with Gasteiger partial charge in [-0.2, -0.15) is 0 Å². The first-order valence-corrected chi connectivity index (χ1v) is 5.92. The van der Waals surface area contributed by atoms with Crippen LogP contribution in [0.1, 0.15) is 19.5 Å². The van der Waals surface area contributed by atoms with Crippen molar-refractivity contribution in [2.45, 2.75) is 20.8 Å². The van der Waals surface area contributed by atoms with Gasteiger partial charge in [0.15, 0.2) is 5.13 Å². The molecule has 3 nitrogen and oxygen atoms in total. The molecule has 1 atom stereocenters. The van der Waals surface area contributed by atoms with Crippen LogP contribution in [-0.2, 0) is 0 Å². The van der Waals surface area contributed by atoms with Gasteiger partial charge < -0.3 is 10.6 Å². The van der Waals surface area contributed by atoms with Crippen molar-refractivity contribution in [2.24, 2.45) is 11.7 Å². The summed E-state index contributed by atoms with van der Waals surface area (Å²) in [6.45, 7) is 9.08. The number of nitrogens with zero attached hydrogens (tertiary/aromatic N) is 2. The Morgan fingerprint density at radius 2 is 2.36 bits per heavy atom. The third kappa shape index (κ3) is 2.96. The first-order chi connectivity index (χ1) is 6.67. The van der Waals surface area contributed by atoms with Crippen LogP contribution in [0.5, 0.6) is 0 Å². The van der Waals surface area contributed by atoms with Crippen LogP contribution < -0.4 is 10.6 Å². The van der Waals surface area contributed by atoms with Crippen molar-refractivity contribution in [3.63, 3.8) is 0 Å². The van der Waals surface area contributed by atoms with Gasteiger partial charge in [0.1, 0.15) is 0 Å². The summed E-state index contributed by atoms with van der Waals surface area (Å²) >= 11 is 1.71. The standard InChI is InChI=1S/C10H19N3S/c1-4-13(6-8(2)5-11)10-12-9(3)7-14-10/h7-8H,4-6,11H2,1-3H3. The Morgan fingerprint density at radius 1 is 1.64 bits per heavy atom. The summed E-state index contributed by atoms with van der Waals surface area (Å²) in [5.74, 6) is 0.527. The van der Waals surface area contributed by atoms with Gasteiger partial charge in [-0.05, 0) is 26.3 Å². The Kier molecular flexibility index (Phi) is 4.35. The van der Waals surface area contributed by atoms with Gasteiger partial charge in [-0.1, -0.05) is 6.92 Å². The summed E-state index contributed by atoms with van der Waals surface area (Å²) in [4.78, 5) is 6.76. The molecule has 1 unspecified atom stereocenters. The lowest BCUT2D eigenvalue weighted by Gasteiger charge is -2.22. The number of thiazole rings is 1. The first-order valence-electron chi connectivity index (χ1n) is 5.04. The molecule has 4 heteroatoms. The fraction of sp³-hybridized carbons (Fsp3) is 0.700. The van der Waals surface area contributed by atoms with Gasteiger partial charge >= 0.3 is 0 Å². The highest BCUT2D eigenvalue weighted by atomic mass is 32.1. The van der Waals surface area contributed by atoms with Crippen molar-refractivity contribution in [1.82, 2.24) is 4.98 Å². The van der Waals surface area contributed by atoms with Gasteiger partial charge in [0.25, 0.3) is 0 Å². The maximum atomic E-state index is 5.61. The SMILES string of the molecule is CCN(CC(C)CN)c1nc(C)cs1. The molecule has 1 rings (SSSR count). The zero-order valence-corrected chi connectivity index (χ0v) is 9.97. The van der Waals surface area contributed by atoms with E-state index >= 15 is 0 Å². The highest BCUT2D eigenvalue weighted by Crippen LogP contribution is 2.20. The van der Waals surface area contributed by atoms with E-state index in [9.17, 15) is 0 Å². The average molecular weight is 213 g/mol. The molecule has 14 heavy (non-hydrogen) atoms. The largest absolute Gasteiger partial charge is 0.348 e. The van der Waals surface area contributed by atoms with Crippen LogP contribution in [0.15, 0.2) is 5.38 Å². The molecule has 0 saturated heterocycles. The zero-order valence-electron chi connectivity index (χ0n) is 9.16. The summed E-state index contributed by atoms with van der Waals surface area (Å²) in [6.07, 6.45) is 0. The summed E-state index contributed by atoms with van der Waals surface area (Å²) in [7, 11) is 0. The maximum absolute atomic E-state index is 5.61. The van der Waals surface area contributed by atoms with Crippen LogP contribution in [-0.4, -0.2) is 24.6 Å². The Bertz CT molecular complexity index is 272.